The highest BCUT2D eigenvalue weighted by Crippen LogP contribution is 2.40. The van der Waals surface area contributed by atoms with Gasteiger partial charge >= 0.3 is 12.2 Å². The highest BCUT2D eigenvalue weighted by molar-refractivity contribution is 9.11. The van der Waals surface area contributed by atoms with Crippen LogP contribution in [0.25, 0.3) is 21.5 Å². The lowest BCUT2D eigenvalue weighted by Gasteiger charge is -2.36. The van der Waals surface area contributed by atoms with Crippen molar-refractivity contribution in [2.75, 3.05) is 10.6 Å². The zero-order valence-electron chi connectivity index (χ0n) is 29.0. The molecule has 0 aliphatic carbocycles. The molecule has 254 valence electrons. The summed E-state index contributed by atoms with van der Waals surface area (Å²) in [7, 11) is -1.95. The van der Waals surface area contributed by atoms with E-state index in [1.54, 1.807) is 39.0 Å². The average Bonchev–Trinajstić information content (AvgIpc) is 2.89. The fraction of sp³-hybridized carbons (Fsp3) is 0.389. The molecule has 0 aliphatic rings. The molecule has 4 aromatic carbocycles. The molecule has 4 rings (SSSR count). The van der Waals surface area contributed by atoms with Crippen molar-refractivity contribution < 1.29 is 28.6 Å². The number of carbonyl (C=O) groups excluding carboxylic acids is 2. The molecule has 0 saturated carbocycles. The van der Waals surface area contributed by atoms with E-state index in [4.69, 9.17) is 13.9 Å². The predicted molar refractivity (Wildman–Crippen MR) is 202 cm³/mol. The van der Waals surface area contributed by atoms with Crippen molar-refractivity contribution in [3.8, 4) is 11.5 Å². The molecule has 0 heterocycles. The Kier molecular flexibility index (Phi) is 11.7. The van der Waals surface area contributed by atoms with Crippen molar-refractivity contribution >= 4 is 85.3 Å². The molecule has 8 nitrogen and oxygen atoms in total. The van der Waals surface area contributed by atoms with Gasteiger partial charge < -0.3 is 19.0 Å². The van der Waals surface area contributed by atoms with Crippen LogP contribution in [0.1, 0.15) is 62.3 Å². The molecular formula is C36H46Br2N2O6Si. The Hall–Kier alpha value is -3.28. The van der Waals surface area contributed by atoms with Gasteiger partial charge in [0.1, 0.15) is 22.7 Å². The van der Waals surface area contributed by atoms with Crippen LogP contribution in [0, 0.1) is 0 Å². The van der Waals surface area contributed by atoms with Crippen LogP contribution in [0.3, 0.4) is 0 Å². The number of nitrogens with one attached hydrogen (secondary N) is 2. The third-order valence-corrected chi connectivity index (χ3v) is 13.0. The number of carbonyl (C=O) groups is 2. The Morgan fingerprint density at radius 3 is 1.49 bits per heavy atom. The van der Waals surface area contributed by atoms with E-state index < -0.39 is 31.7 Å². The van der Waals surface area contributed by atoms with Crippen molar-refractivity contribution in [2.24, 2.45) is 0 Å². The number of aromatic hydroxyl groups is 1. The minimum atomic E-state index is -1.95. The van der Waals surface area contributed by atoms with Gasteiger partial charge in [0.2, 0.25) is 8.32 Å². The molecule has 0 radical (unpaired) electrons. The van der Waals surface area contributed by atoms with E-state index in [0.717, 1.165) is 36.2 Å². The van der Waals surface area contributed by atoms with Crippen LogP contribution in [0.5, 0.6) is 11.5 Å². The van der Waals surface area contributed by atoms with E-state index in [-0.39, 0.29) is 10.8 Å². The number of fused-ring (bicyclic) bond motifs is 2. The number of anilines is 2. The van der Waals surface area contributed by atoms with E-state index >= 15 is 0 Å². The van der Waals surface area contributed by atoms with E-state index in [9.17, 15) is 14.7 Å². The fourth-order valence-electron chi connectivity index (χ4n) is 4.13. The second-order valence-corrected chi connectivity index (χ2v) is 21.2. The number of phenols is 1. The second-order valence-electron chi connectivity index (χ2n) is 14.7. The molecule has 3 N–H and O–H groups in total. The quantitative estimate of drug-likeness (QED) is 0.178. The summed E-state index contributed by atoms with van der Waals surface area (Å²) >= 11 is 6.94. The lowest BCUT2D eigenvalue weighted by molar-refractivity contribution is 0.0624. The van der Waals surface area contributed by atoms with Gasteiger partial charge in [-0.05, 0) is 139 Å². The minimum Gasteiger partial charge on any atom is -0.543 e. The molecule has 0 aromatic heterocycles. The first kappa shape index (κ1) is 38.2. The number of phenolic OH excluding ortho intramolecular Hbond substituents is 1. The molecule has 4 aromatic rings. The van der Waals surface area contributed by atoms with E-state index in [1.165, 1.54) is 0 Å². The zero-order valence-corrected chi connectivity index (χ0v) is 33.2. The van der Waals surface area contributed by atoms with Crippen LogP contribution in [0.15, 0.2) is 69.6 Å². The summed E-state index contributed by atoms with van der Waals surface area (Å²) in [5, 5.41) is 18.9. The van der Waals surface area contributed by atoms with E-state index in [0.29, 0.717) is 11.4 Å². The van der Waals surface area contributed by atoms with Crippen LogP contribution < -0.4 is 15.1 Å². The molecule has 0 atom stereocenters. The van der Waals surface area contributed by atoms with Gasteiger partial charge in [0.25, 0.3) is 0 Å². The van der Waals surface area contributed by atoms with E-state index in [2.05, 4.69) is 76.4 Å². The van der Waals surface area contributed by atoms with Gasteiger partial charge in [-0.3, -0.25) is 10.6 Å². The number of rotatable bonds is 4. The smallest absolute Gasteiger partial charge is 0.412 e. The first-order valence-corrected chi connectivity index (χ1v) is 19.8. The van der Waals surface area contributed by atoms with Crippen LogP contribution in [-0.2, 0) is 9.47 Å². The number of benzene rings is 4. The number of amides is 2. The molecule has 2 amide bonds. The summed E-state index contributed by atoms with van der Waals surface area (Å²) in [6.07, 6.45) is -1.01. The standard InChI is InChI=1S/C21H30BrNO3Si.C15H16BrNO3/c1-20(2,3)25-19(24)23-18-16-13-15(26-27(7,8)21(4,5)6)11-9-14(16)10-12-17(18)22;1-15(2,3)20-14(19)17-13-11-8-10(18)6-4-9(11)5-7-12(13)16/h9-13H,1-8H3,(H,23,24);4-8,18H,1-3H3,(H,17,19). The van der Waals surface area contributed by atoms with Crippen molar-refractivity contribution in [1.29, 1.82) is 0 Å². The monoisotopic (exact) mass is 788 g/mol. The normalized spacial score (nSPS) is 12.2. The number of halogens is 2. The zero-order chi connectivity index (χ0) is 35.5. The molecule has 0 unspecified atom stereocenters. The lowest BCUT2D eigenvalue weighted by atomic mass is 10.1. The van der Waals surface area contributed by atoms with Crippen molar-refractivity contribution in [3.63, 3.8) is 0 Å². The third kappa shape index (κ3) is 10.9. The van der Waals surface area contributed by atoms with Crippen molar-refractivity contribution in [1.82, 2.24) is 0 Å². The number of hydrogen-bond donors (Lipinski definition) is 3. The minimum absolute atomic E-state index is 0.108. The van der Waals surface area contributed by atoms with Gasteiger partial charge in [0.15, 0.2) is 0 Å². The molecule has 0 spiro atoms. The summed E-state index contributed by atoms with van der Waals surface area (Å²) < 4.78 is 18.6. The maximum Gasteiger partial charge on any atom is 0.412 e. The van der Waals surface area contributed by atoms with Crippen LogP contribution in [-0.4, -0.2) is 36.8 Å². The van der Waals surface area contributed by atoms with Gasteiger partial charge in [0, 0.05) is 19.7 Å². The summed E-state index contributed by atoms with van der Waals surface area (Å²) in [4.78, 5) is 24.2. The Balaban J connectivity index is 0.000000267. The van der Waals surface area contributed by atoms with Crippen LogP contribution in [0.2, 0.25) is 18.1 Å². The van der Waals surface area contributed by atoms with Crippen LogP contribution in [0.4, 0.5) is 21.0 Å². The Labute approximate surface area is 295 Å². The molecule has 47 heavy (non-hydrogen) atoms. The van der Waals surface area contributed by atoms with Gasteiger partial charge in [0.05, 0.1) is 11.4 Å². The molecule has 0 fully saturated rings. The number of hydrogen-bond acceptors (Lipinski definition) is 6. The Morgan fingerprint density at radius 2 is 1.06 bits per heavy atom. The SMILES string of the molecule is CC(C)(C)OC(=O)Nc1c(Br)ccc2ccc(O)cc12.CC(C)(C)OC(=O)Nc1c(Br)ccc2ccc(O[Si](C)(C)C(C)(C)C)cc12. The molecule has 11 heteroatoms. The summed E-state index contributed by atoms with van der Waals surface area (Å²) in [5.74, 6) is 0.960. The van der Waals surface area contributed by atoms with Crippen LogP contribution >= 0.6 is 31.9 Å². The van der Waals surface area contributed by atoms with Gasteiger partial charge in [-0.25, -0.2) is 9.59 Å². The summed E-state index contributed by atoms with van der Waals surface area (Å²) in [5.41, 5.74) is 0.135. The second kappa shape index (κ2) is 14.5. The van der Waals surface area contributed by atoms with E-state index in [1.807, 2.05) is 63.2 Å². The van der Waals surface area contributed by atoms with Gasteiger partial charge in [-0.2, -0.15) is 0 Å². The van der Waals surface area contributed by atoms with Crippen molar-refractivity contribution in [3.05, 3.63) is 69.6 Å². The molecular weight excluding hydrogens is 744 g/mol. The maximum atomic E-state index is 12.3. The highest BCUT2D eigenvalue weighted by Gasteiger charge is 2.39. The molecule has 0 bridgehead atoms. The lowest BCUT2D eigenvalue weighted by Crippen LogP contribution is -2.43. The Morgan fingerprint density at radius 1 is 0.660 bits per heavy atom. The summed E-state index contributed by atoms with van der Waals surface area (Å²) in [6.45, 7) is 22.0. The van der Waals surface area contributed by atoms with Crippen molar-refractivity contribution in [2.45, 2.75) is 91.6 Å². The number of ether oxygens (including phenoxy) is 2. The van der Waals surface area contributed by atoms with Gasteiger partial charge in [-0.1, -0.05) is 45.0 Å². The first-order valence-electron chi connectivity index (χ1n) is 15.3. The molecule has 0 saturated heterocycles. The topological polar surface area (TPSA) is 106 Å². The summed E-state index contributed by atoms with van der Waals surface area (Å²) in [6, 6.07) is 18.7. The molecule has 0 aliphatic heterocycles. The predicted octanol–water partition coefficient (Wildman–Crippen LogP) is 12.0. The largest absolute Gasteiger partial charge is 0.543 e. The third-order valence-electron chi connectivity index (χ3n) is 7.33. The Bertz CT molecular complexity index is 1770. The maximum absolute atomic E-state index is 12.3. The van der Waals surface area contributed by atoms with Gasteiger partial charge in [-0.15, -0.1) is 0 Å². The fourth-order valence-corrected chi connectivity index (χ4v) is 6.04. The first-order chi connectivity index (χ1) is 21.5. The average molecular weight is 791 g/mol. The highest BCUT2D eigenvalue weighted by atomic mass is 79.9.